The van der Waals surface area contributed by atoms with Crippen LogP contribution in [-0.4, -0.2) is 18.4 Å². The molecule has 0 spiro atoms. The molecule has 1 aliphatic rings. The number of hydrogen-bond acceptors (Lipinski definition) is 4. The molecule has 0 bridgehead atoms. The quantitative estimate of drug-likeness (QED) is 0.180. The fraction of sp³-hybridized carbons (Fsp3) is 0.125. The second kappa shape index (κ2) is 12.6. The lowest BCUT2D eigenvalue weighted by Crippen LogP contribution is -2.42. The number of ether oxygens (including phenoxy) is 3. The van der Waals surface area contributed by atoms with Gasteiger partial charge in [0.15, 0.2) is 11.5 Å². The van der Waals surface area contributed by atoms with Crippen LogP contribution in [0.15, 0.2) is 139 Å². The molecule has 6 rings (SSSR count). The number of benzene rings is 5. The first-order valence-electron chi connectivity index (χ1n) is 14.8. The molecule has 0 saturated carbocycles. The Morgan fingerprint density at radius 2 is 1.00 bits per heavy atom. The first-order chi connectivity index (χ1) is 21.5. The van der Waals surface area contributed by atoms with Crippen molar-refractivity contribution in [1.82, 2.24) is 0 Å². The van der Waals surface area contributed by atoms with Gasteiger partial charge in [0.1, 0.15) is 0 Å². The summed E-state index contributed by atoms with van der Waals surface area (Å²) < 4.78 is 18.4. The molecule has 218 valence electrons. The van der Waals surface area contributed by atoms with Gasteiger partial charge in [0.2, 0.25) is 0 Å². The molecule has 0 N–H and O–H groups in total. The van der Waals surface area contributed by atoms with E-state index in [0.29, 0.717) is 6.61 Å². The monoisotopic (exact) mass is 578 g/mol. The Kier molecular flexibility index (Phi) is 8.27. The van der Waals surface area contributed by atoms with Crippen molar-refractivity contribution in [2.75, 3.05) is 6.61 Å². The van der Waals surface area contributed by atoms with E-state index in [0.717, 1.165) is 50.1 Å². The molecule has 4 nitrogen and oxygen atoms in total. The zero-order chi connectivity index (χ0) is 30.5. The van der Waals surface area contributed by atoms with Crippen molar-refractivity contribution in [3.63, 3.8) is 0 Å². The van der Waals surface area contributed by atoms with Crippen molar-refractivity contribution in [2.45, 2.75) is 26.7 Å². The van der Waals surface area contributed by atoms with E-state index in [-0.39, 0.29) is 17.3 Å². The minimum absolute atomic E-state index is 0.147. The summed E-state index contributed by atoms with van der Waals surface area (Å²) in [6.45, 7) is 5.93. The van der Waals surface area contributed by atoms with Crippen LogP contribution in [0, 0.1) is 6.92 Å². The van der Waals surface area contributed by atoms with Gasteiger partial charge in [-0.1, -0.05) is 127 Å². The number of rotatable bonds is 7. The summed E-state index contributed by atoms with van der Waals surface area (Å²) in [7, 11) is 0. The average molecular weight is 579 g/mol. The van der Waals surface area contributed by atoms with Gasteiger partial charge in [0, 0.05) is 6.92 Å². The van der Waals surface area contributed by atoms with Crippen LogP contribution < -0.4 is 0 Å². The maximum Gasteiger partial charge on any atom is 0.368 e. The molecule has 1 atom stereocenters. The van der Waals surface area contributed by atoms with Gasteiger partial charge in [-0.25, -0.2) is 0 Å². The van der Waals surface area contributed by atoms with Gasteiger partial charge in [-0.05, 0) is 76.1 Å². The molecular weight excluding hydrogens is 544 g/mol. The van der Waals surface area contributed by atoms with Gasteiger partial charge in [-0.15, -0.1) is 0 Å². The predicted molar refractivity (Wildman–Crippen MR) is 177 cm³/mol. The number of carbonyl (C=O) groups is 1. The van der Waals surface area contributed by atoms with Gasteiger partial charge in [-0.3, -0.25) is 4.79 Å². The second-order valence-electron chi connectivity index (χ2n) is 10.7. The SMILES string of the molecule is CCOC1(C)OC(=Cc2c(C)cccc2-c2ccccc2)C(=O)C(=Cc2c(-c3ccccc3)cccc2-c2ccccc2)O1. The van der Waals surface area contributed by atoms with Gasteiger partial charge in [0.25, 0.3) is 5.78 Å². The van der Waals surface area contributed by atoms with Crippen molar-refractivity contribution in [3.8, 4) is 33.4 Å². The highest BCUT2D eigenvalue weighted by Gasteiger charge is 2.41. The van der Waals surface area contributed by atoms with Gasteiger partial charge < -0.3 is 14.2 Å². The summed E-state index contributed by atoms with van der Waals surface area (Å²) in [4.78, 5) is 14.2. The highest BCUT2D eigenvalue weighted by Crippen LogP contribution is 2.39. The van der Waals surface area contributed by atoms with Gasteiger partial charge in [-0.2, -0.15) is 0 Å². The molecule has 5 aromatic carbocycles. The Morgan fingerprint density at radius 1 is 0.591 bits per heavy atom. The minimum atomic E-state index is -1.50. The summed E-state index contributed by atoms with van der Waals surface area (Å²) >= 11 is 0. The summed E-state index contributed by atoms with van der Waals surface area (Å²) in [5.41, 5.74) is 8.88. The highest BCUT2D eigenvalue weighted by atomic mass is 16.9. The summed E-state index contributed by atoms with van der Waals surface area (Å²) in [5.74, 6) is -1.55. The van der Waals surface area contributed by atoms with E-state index in [1.54, 1.807) is 6.92 Å². The van der Waals surface area contributed by atoms with Crippen LogP contribution >= 0.6 is 0 Å². The van der Waals surface area contributed by atoms with E-state index in [1.807, 2.05) is 98.8 Å². The molecule has 1 heterocycles. The Labute approximate surface area is 258 Å². The van der Waals surface area contributed by atoms with Gasteiger partial charge in [0.05, 0.1) is 6.61 Å². The molecule has 1 fully saturated rings. The fourth-order valence-electron chi connectivity index (χ4n) is 5.61. The smallest absolute Gasteiger partial charge is 0.368 e. The molecule has 4 heteroatoms. The largest absolute Gasteiger partial charge is 0.426 e. The third-order valence-corrected chi connectivity index (χ3v) is 7.68. The Hall–Kier alpha value is -5.19. The topological polar surface area (TPSA) is 44.8 Å². The molecule has 0 amide bonds. The molecule has 1 saturated heterocycles. The minimum Gasteiger partial charge on any atom is -0.426 e. The number of ketones is 1. The maximum absolute atomic E-state index is 14.2. The molecular formula is C40H34O4. The van der Waals surface area contributed by atoms with Gasteiger partial charge >= 0.3 is 5.97 Å². The fourth-order valence-corrected chi connectivity index (χ4v) is 5.61. The van der Waals surface area contributed by atoms with E-state index < -0.39 is 5.97 Å². The first kappa shape index (κ1) is 28.9. The Bertz CT molecular complexity index is 1780. The summed E-state index contributed by atoms with van der Waals surface area (Å²) in [6, 6.07) is 42.7. The van der Waals surface area contributed by atoms with E-state index in [1.165, 1.54) is 0 Å². The second-order valence-corrected chi connectivity index (χ2v) is 10.7. The van der Waals surface area contributed by atoms with Crippen molar-refractivity contribution in [3.05, 3.63) is 156 Å². The lowest BCUT2D eigenvalue weighted by atomic mass is 9.91. The van der Waals surface area contributed by atoms with Crippen LogP contribution in [0.3, 0.4) is 0 Å². The Balaban J connectivity index is 1.54. The van der Waals surface area contributed by atoms with Crippen molar-refractivity contribution >= 4 is 17.9 Å². The van der Waals surface area contributed by atoms with E-state index >= 15 is 0 Å². The number of Topliss-reactive ketones (excluding diaryl/α,β-unsaturated/α-hetero) is 1. The normalized spacial score (nSPS) is 18.2. The Morgan fingerprint density at radius 3 is 1.45 bits per heavy atom. The molecule has 1 aliphatic heterocycles. The lowest BCUT2D eigenvalue weighted by Gasteiger charge is -2.35. The molecule has 5 aromatic rings. The molecule has 44 heavy (non-hydrogen) atoms. The van der Waals surface area contributed by atoms with Crippen LogP contribution in [0.1, 0.15) is 30.5 Å². The van der Waals surface area contributed by atoms with Crippen molar-refractivity contribution < 1.29 is 19.0 Å². The third kappa shape index (κ3) is 5.98. The average Bonchev–Trinajstić information content (AvgIpc) is 3.05. The molecule has 0 aromatic heterocycles. The van der Waals surface area contributed by atoms with Crippen LogP contribution in [0.5, 0.6) is 0 Å². The lowest BCUT2D eigenvalue weighted by molar-refractivity contribution is -0.343. The van der Waals surface area contributed by atoms with Crippen molar-refractivity contribution in [2.24, 2.45) is 0 Å². The van der Waals surface area contributed by atoms with E-state index in [4.69, 9.17) is 14.2 Å². The van der Waals surface area contributed by atoms with Crippen molar-refractivity contribution in [1.29, 1.82) is 0 Å². The number of carbonyl (C=O) groups excluding carboxylic acids is 1. The molecule has 0 aliphatic carbocycles. The standard InChI is InChI=1S/C40H34O4/c1-4-42-40(3)43-37(26-35-28(2)16-14-23-32(35)29-17-8-5-9-18-29)39(41)38(44-40)27-36-33(30-19-10-6-11-20-30)24-15-25-34(36)31-21-12-7-13-22-31/h5-27H,4H2,1-3H3. The summed E-state index contributed by atoms with van der Waals surface area (Å²) in [6.07, 6.45) is 3.64. The number of hydrogen-bond donors (Lipinski definition) is 0. The van der Waals surface area contributed by atoms with Crippen LogP contribution in [-0.2, 0) is 19.0 Å². The summed E-state index contributed by atoms with van der Waals surface area (Å²) in [5, 5.41) is 0. The van der Waals surface area contributed by atoms with Crippen LogP contribution in [0.2, 0.25) is 0 Å². The van der Waals surface area contributed by atoms with E-state index in [2.05, 4.69) is 54.6 Å². The molecule has 1 unspecified atom stereocenters. The number of aryl methyl sites for hydroxylation is 1. The van der Waals surface area contributed by atoms with E-state index in [9.17, 15) is 4.79 Å². The molecule has 0 radical (unpaired) electrons. The zero-order valence-electron chi connectivity index (χ0n) is 25.1. The van der Waals surface area contributed by atoms with Crippen LogP contribution in [0.25, 0.3) is 45.5 Å². The third-order valence-electron chi connectivity index (χ3n) is 7.68. The first-order valence-corrected chi connectivity index (χ1v) is 14.8. The zero-order valence-corrected chi connectivity index (χ0v) is 25.1. The van der Waals surface area contributed by atoms with Crippen LogP contribution in [0.4, 0.5) is 0 Å². The predicted octanol–water partition coefficient (Wildman–Crippen LogP) is 9.70. The maximum atomic E-state index is 14.2. The highest BCUT2D eigenvalue weighted by molar-refractivity contribution is 6.12.